The maximum absolute atomic E-state index is 12.5. The van der Waals surface area contributed by atoms with Gasteiger partial charge in [0, 0.05) is 55.3 Å². The highest BCUT2D eigenvalue weighted by Gasteiger charge is 2.20. The fraction of sp³-hybridized carbons (Fsp3) is 0.231. The third kappa shape index (κ3) is 7.65. The van der Waals surface area contributed by atoms with Gasteiger partial charge in [0.2, 0.25) is 0 Å². The van der Waals surface area contributed by atoms with E-state index in [0.29, 0.717) is 17.9 Å². The maximum atomic E-state index is 12.5. The van der Waals surface area contributed by atoms with Crippen LogP contribution in [0.25, 0.3) is 22.2 Å². The highest BCUT2D eigenvalue weighted by Crippen LogP contribution is 2.30. The van der Waals surface area contributed by atoms with Crippen LogP contribution < -0.4 is 4.74 Å². The Labute approximate surface area is 202 Å². The van der Waals surface area contributed by atoms with Crippen molar-refractivity contribution in [2.24, 2.45) is 0 Å². The zero-order valence-corrected chi connectivity index (χ0v) is 19.3. The molecule has 4 rings (SSSR count). The lowest BCUT2D eigenvalue weighted by atomic mass is 10.1. The predicted molar refractivity (Wildman–Crippen MR) is 131 cm³/mol. The van der Waals surface area contributed by atoms with E-state index >= 15 is 0 Å². The Morgan fingerprint density at radius 1 is 0.914 bits per heavy atom. The number of aliphatic carboxylic acids is 2. The second-order valence-electron chi connectivity index (χ2n) is 7.87. The summed E-state index contributed by atoms with van der Waals surface area (Å²) in [7, 11) is 2.08. The summed E-state index contributed by atoms with van der Waals surface area (Å²) in [6.45, 7) is 3.37. The number of carboxylic acids is 2. The highest BCUT2D eigenvalue weighted by atomic mass is 16.5. The number of piperazine rings is 1. The number of fused-ring (bicyclic) bond motifs is 1. The number of likely N-dealkylation sites (N-methyl/N-ethyl adjacent to an activating group) is 1. The molecular formula is C26H27N3O6. The van der Waals surface area contributed by atoms with Crippen LogP contribution in [0.5, 0.6) is 5.75 Å². The summed E-state index contributed by atoms with van der Waals surface area (Å²) >= 11 is 0. The van der Waals surface area contributed by atoms with Crippen LogP contribution in [0.4, 0.5) is 0 Å². The van der Waals surface area contributed by atoms with Crippen LogP contribution in [0.2, 0.25) is 0 Å². The van der Waals surface area contributed by atoms with Gasteiger partial charge >= 0.3 is 11.9 Å². The number of ether oxygens (including phenoxy) is 1. The molecule has 1 aromatic heterocycles. The summed E-state index contributed by atoms with van der Waals surface area (Å²) in [6, 6.07) is 19.8. The number of hydrogen-bond donors (Lipinski definition) is 2. The van der Waals surface area contributed by atoms with Crippen molar-refractivity contribution in [3.05, 3.63) is 72.8 Å². The van der Waals surface area contributed by atoms with Crippen LogP contribution in [0.3, 0.4) is 0 Å². The summed E-state index contributed by atoms with van der Waals surface area (Å²) in [5, 5.41) is 16.5. The van der Waals surface area contributed by atoms with Crippen LogP contribution in [0, 0.1) is 0 Å². The number of benzene rings is 2. The fourth-order valence-electron chi connectivity index (χ4n) is 3.45. The number of nitrogens with zero attached hydrogens (tertiary/aromatic N) is 3. The Morgan fingerprint density at radius 3 is 2.14 bits per heavy atom. The van der Waals surface area contributed by atoms with Crippen LogP contribution >= 0.6 is 0 Å². The molecule has 3 aromatic rings. The molecule has 9 heteroatoms. The van der Waals surface area contributed by atoms with E-state index in [0.717, 1.165) is 48.3 Å². The van der Waals surface area contributed by atoms with Crippen LogP contribution in [-0.4, -0.2) is 82.7 Å². The summed E-state index contributed by atoms with van der Waals surface area (Å²) in [5.74, 6) is -1.79. The molecule has 1 fully saturated rings. The van der Waals surface area contributed by atoms with Crippen LogP contribution in [-0.2, 0) is 14.4 Å². The van der Waals surface area contributed by atoms with Gasteiger partial charge in [-0.1, -0.05) is 42.5 Å². The van der Waals surface area contributed by atoms with Crippen LogP contribution in [0.15, 0.2) is 72.8 Å². The molecule has 0 unspecified atom stereocenters. The molecule has 0 spiro atoms. The van der Waals surface area contributed by atoms with Gasteiger partial charge in [0.15, 0.2) is 6.61 Å². The van der Waals surface area contributed by atoms with Gasteiger partial charge in [0.05, 0.1) is 11.2 Å². The lowest BCUT2D eigenvalue weighted by Crippen LogP contribution is -2.48. The van der Waals surface area contributed by atoms with E-state index in [1.54, 1.807) is 0 Å². The van der Waals surface area contributed by atoms with Crippen molar-refractivity contribution in [2.75, 3.05) is 39.8 Å². The van der Waals surface area contributed by atoms with E-state index in [1.807, 2.05) is 65.6 Å². The number of hydrogen-bond acceptors (Lipinski definition) is 6. The molecule has 1 saturated heterocycles. The van der Waals surface area contributed by atoms with Crippen molar-refractivity contribution in [3.63, 3.8) is 0 Å². The van der Waals surface area contributed by atoms with E-state index < -0.39 is 11.9 Å². The maximum Gasteiger partial charge on any atom is 0.328 e. The largest absolute Gasteiger partial charge is 0.483 e. The standard InChI is InChI=1S/C22H23N3O2.C4H4O4/c1-24-11-13-25(14-12-24)22(26)16-27-21-15-20(17-7-3-2-4-8-17)23-19-10-6-5-9-18(19)21;5-3(6)1-2-4(7)8/h2-10,15H,11-14,16H2,1H3;1-2H,(H,5,6)(H,7,8). The van der Waals surface area contributed by atoms with Gasteiger partial charge in [0.1, 0.15) is 5.75 Å². The zero-order chi connectivity index (χ0) is 25.2. The minimum atomic E-state index is -1.26. The normalized spacial score (nSPS) is 13.8. The molecule has 1 aliphatic heterocycles. The first kappa shape index (κ1) is 25.4. The number of para-hydroxylation sites is 1. The topological polar surface area (TPSA) is 120 Å². The van der Waals surface area contributed by atoms with Gasteiger partial charge in [-0.15, -0.1) is 0 Å². The number of carbonyl (C=O) groups excluding carboxylic acids is 1. The first-order valence-electron chi connectivity index (χ1n) is 11.0. The molecule has 0 radical (unpaired) electrons. The molecule has 1 aliphatic rings. The van der Waals surface area contributed by atoms with Gasteiger partial charge in [-0.25, -0.2) is 14.6 Å². The Kier molecular flexibility index (Phi) is 8.91. The Hall–Kier alpha value is -4.24. The molecule has 1 amide bonds. The average Bonchev–Trinajstić information content (AvgIpc) is 2.87. The number of aromatic nitrogens is 1. The Morgan fingerprint density at radius 2 is 1.51 bits per heavy atom. The third-order valence-electron chi connectivity index (χ3n) is 5.32. The van der Waals surface area contributed by atoms with Crippen molar-refractivity contribution < 1.29 is 29.3 Å². The third-order valence-corrected chi connectivity index (χ3v) is 5.32. The molecule has 0 atom stereocenters. The molecule has 2 aromatic carbocycles. The van der Waals surface area contributed by atoms with Crippen molar-refractivity contribution in [3.8, 4) is 17.0 Å². The smallest absolute Gasteiger partial charge is 0.328 e. The first-order valence-corrected chi connectivity index (χ1v) is 11.0. The number of carbonyl (C=O) groups is 3. The van der Waals surface area contributed by atoms with Crippen LogP contribution in [0.1, 0.15) is 0 Å². The lowest BCUT2D eigenvalue weighted by Gasteiger charge is -2.32. The molecule has 2 N–H and O–H groups in total. The van der Waals surface area contributed by atoms with Gasteiger partial charge in [0.25, 0.3) is 5.91 Å². The molecule has 35 heavy (non-hydrogen) atoms. The molecule has 0 saturated carbocycles. The molecule has 9 nitrogen and oxygen atoms in total. The first-order chi connectivity index (χ1) is 16.8. The minimum Gasteiger partial charge on any atom is -0.483 e. The lowest BCUT2D eigenvalue weighted by molar-refractivity contribution is -0.135. The van der Waals surface area contributed by atoms with Gasteiger partial charge in [-0.2, -0.15) is 0 Å². The van der Waals surface area contributed by atoms with Crippen molar-refractivity contribution in [1.29, 1.82) is 0 Å². The van der Waals surface area contributed by atoms with Crippen molar-refractivity contribution in [2.45, 2.75) is 0 Å². The molecule has 182 valence electrons. The summed E-state index contributed by atoms with van der Waals surface area (Å²) < 4.78 is 5.98. The zero-order valence-electron chi connectivity index (χ0n) is 19.3. The average molecular weight is 478 g/mol. The van der Waals surface area contributed by atoms with Crippen molar-refractivity contribution >= 4 is 28.7 Å². The number of pyridine rings is 1. The second kappa shape index (κ2) is 12.3. The Bertz CT molecular complexity index is 1190. The monoisotopic (exact) mass is 477 g/mol. The number of amides is 1. The predicted octanol–water partition coefficient (Wildman–Crippen LogP) is 2.77. The molecular weight excluding hydrogens is 450 g/mol. The SMILES string of the molecule is CN1CCN(C(=O)COc2cc(-c3ccccc3)nc3ccccc23)CC1.O=C(O)C=CC(=O)O. The van der Waals surface area contributed by atoms with E-state index in [1.165, 1.54) is 0 Å². The molecule has 0 aliphatic carbocycles. The second-order valence-corrected chi connectivity index (χ2v) is 7.87. The van der Waals surface area contributed by atoms with E-state index in [4.69, 9.17) is 19.9 Å². The van der Waals surface area contributed by atoms with Gasteiger partial charge in [-0.05, 0) is 19.2 Å². The minimum absolute atomic E-state index is 0.0326. The van der Waals surface area contributed by atoms with Gasteiger partial charge in [-0.3, -0.25) is 4.79 Å². The van der Waals surface area contributed by atoms with Gasteiger partial charge < -0.3 is 24.7 Å². The molecule has 2 heterocycles. The van der Waals surface area contributed by atoms with Crippen molar-refractivity contribution in [1.82, 2.24) is 14.8 Å². The Balaban J connectivity index is 0.000000371. The summed E-state index contributed by atoms with van der Waals surface area (Å²) in [4.78, 5) is 40.5. The summed E-state index contributed by atoms with van der Waals surface area (Å²) in [5.41, 5.74) is 2.73. The van der Waals surface area contributed by atoms with E-state index in [9.17, 15) is 14.4 Å². The van der Waals surface area contributed by atoms with E-state index in [2.05, 4.69) is 11.9 Å². The quantitative estimate of drug-likeness (QED) is 0.520. The van der Waals surface area contributed by atoms with E-state index in [-0.39, 0.29) is 12.5 Å². The highest BCUT2D eigenvalue weighted by molar-refractivity contribution is 5.90. The fourth-order valence-corrected chi connectivity index (χ4v) is 3.45. The summed E-state index contributed by atoms with van der Waals surface area (Å²) in [6.07, 6.45) is 1.12. The number of rotatable bonds is 6. The number of carboxylic acid groups (broad SMARTS) is 2. The molecule has 0 bridgehead atoms.